The van der Waals surface area contributed by atoms with Crippen LogP contribution >= 0.6 is 35.0 Å². The van der Waals surface area contributed by atoms with Crippen molar-refractivity contribution in [1.82, 2.24) is 15.2 Å². The molecule has 0 aliphatic heterocycles. The van der Waals surface area contributed by atoms with Crippen LogP contribution in [-0.4, -0.2) is 22.3 Å². The standard InChI is InChI=1S/C15H11Cl2N3O2S/c1-21-11-4-2-10(3-5-11)14-19-20-15(22-14)23-8-9-6-12(16)18-13(17)7-9/h2-7H,8H2,1H3. The van der Waals surface area contributed by atoms with E-state index in [-0.39, 0.29) is 0 Å². The van der Waals surface area contributed by atoms with Crippen LogP contribution in [-0.2, 0) is 5.75 Å². The Morgan fingerprint density at radius 2 is 1.78 bits per heavy atom. The molecule has 0 N–H and O–H groups in total. The number of pyridine rings is 1. The Kier molecular flexibility index (Phi) is 5.05. The molecule has 0 saturated heterocycles. The first-order valence-electron chi connectivity index (χ1n) is 6.57. The molecule has 0 fully saturated rings. The second kappa shape index (κ2) is 7.21. The predicted molar refractivity (Wildman–Crippen MR) is 90.1 cm³/mol. The normalized spacial score (nSPS) is 10.7. The first-order chi connectivity index (χ1) is 11.1. The second-order valence-electron chi connectivity index (χ2n) is 4.51. The van der Waals surface area contributed by atoms with Crippen molar-refractivity contribution in [2.45, 2.75) is 11.0 Å². The van der Waals surface area contributed by atoms with E-state index in [0.29, 0.717) is 27.2 Å². The molecule has 23 heavy (non-hydrogen) atoms. The second-order valence-corrected chi connectivity index (χ2v) is 6.21. The van der Waals surface area contributed by atoms with Gasteiger partial charge in [-0.3, -0.25) is 0 Å². The van der Waals surface area contributed by atoms with Gasteiger partial charge in [-0.15, -0.1) is 10.2 Å². The summed E-state index contributed by atoms with van der Waals surface area (Å²) in [4.78, 5) is 3.91. The van der Waals surface area contributed by atoms with Crippen molar-refractivity contribution >= 4 is 35.0 Å². The Hall–Kier alpha value is -1.76. The van der Waals surface area contributed by atoms with Crippen LogP contribution < -0.4 is 4.74 Å². The van der Waals surface area contributed by atoms with Gasteiger partial charge in [-0.1, -0.05) is 35.0 Å². The molecule has 3 rings (SSSR count). The SMILES string of the molecule is COc1ccc(-c2nnc(SCc3cc(Cl)nc(Cl)c3)o2)cc1. The lowest BCUT2D eigenvalue weighted by Gasteiger charge is -2.00. The van der Waals surface area contributed by atoms with Crippen molar-refractivity contribution in [2.24, 2.45) is 0 Å². The topological polar surface area (TPSA) is 61.0 Å². The van der Waals surface area contributed by atoms with E-state index in [1.54, 1.807) is 19.2 Å². The summed E-state index contributed by atoms with van der Waals surface area (Å²) < 4.78 is 10.8. The van der Waals surface area contributed by atoms with Gasteiger partial charge in [0.15, 0.2) is 0 Å². The molecule has 2 heterocycles. The van der Waals surface area contributed by atoms with Crippen molar-refractivity contribution in [2.75, 3.05) is 7.11 Å². The van der Waals surface area contributed by atoms with Crippen molar-refractivity contribution in [3.63, 3.8) is 0 Å². The number of aromatic nitrogens is 3. The van der Waals surface area contributed by atoms with Crippen LogP contribution in [0, 0.1) is 0 Å². The van der Waals surface area contributed by atoms with E-state index >= 15 is 0 Å². The number of thioether (sulfide) groups is 1. The van der Waals surface area contributed by atoms with Crippen LogP contribution in [0.1, 0.15) is 5.56 Å². The molecule has 0 saturated carbocycles. The Bertz CT molecular complexity index is 788. The van der Waals surface area contributed by atoms with E-state index in [9.17, 15) is 0 Å². The van der Waals surface area contributed by atoms with Gasteiger partial charge >= 0.3 is 0 Å². The van der Waals surface area contributed by atoms with Gasteiger partial charge in [-0.2, -0.15) is 0 Å². The Morgan fingerprint density at radius 1 is 1.09 bits per heavy atom. The lowest BCUT2D eigenvalue weighted by molar-refractivity contribution is 0.414. The molecule has 0 unspecified atom stereocenters. The minimum absolute atomic E-state index is 0.359. The summed E-state index contributed by atoms with van der Waals surface area (Å²) in [6, 6.07) is 10.9. The molecule has 3 aromatic rings. The predicted octanol–water partition coefficient (Wildman–Crippen LogP) is 4.74. The Labute approximate surface area is 147 Å². The molecule has 8 heteroatoms. The third-order valence-corrected chi connectivity index (χ3v) is 4.21. The smallest absolute Gasteiger partial charge is 0.277 e. The number of rotatable bonds is 5. The zero-order chi connectivity index (χ0) is 16.2. The average Bonchev–Trinajstić information content (AvgIpc) is 3.01. The summed E-state index contributed by atoms with van der Waals surface area (Å²) in [5.41, 5.74) is 1.77. The van der Waals surface area contributed by atoms with Crippen molar-refractivity contribution in [3.8, 4) is 17.2 Å². The minimum Gasteiger partial charge on any atom is -0.497 e. The van der Waals surface area contributed by atoms with Gasteiger partial charge in [-0.05, 0) is 42.0 Å². The number of hydrogen-bond donors (Lipinski definition) is 0. The van der Waals surface area contributed by atoms with Crippen LogP contribution in [0.25, 0.3) is 11.5 Å². The number of halogens is 2. The molecule has 0 atom stereocenters. The summed E-state index contributed by atoms with van der Waals surface area (Å²) in [6.07, 6.45) is 0. The van der Waals surface area contributed by atoms with E-state index in [1.165, 1.54) is 11.8 Å². The first-order valence-corrected chi connectivity index (χ1v) is 8.31. The van der Waals surface area contributed by atoms with Crippen molar-refractivity contribution in [1.29, 1.82) is 0 Å². The highest BCUT2D eigenvalue weighted by atomic mass is 35.5. The maximum absolute atomic E-state index is 5.87. The summed E-state index contributed by atoms with van der Waals surface area (Å²) in [5, 5.41) is 9.26. The van der Waals surface area contributed by atoms with Crippen molar-refractivity contribution < 1.29 is 9.15 Å². The number of nitrogens with zero attached hydrogens (tertiary/aromatic N) is 3. The number of ether oxygens (including phenoxy) is 1. The molecule has 0 radical (unpaired) electrons. The highest BCUT2D eigenvalue weighted by molar-refractivity contribution is 7.98. The van der Waals surface area contributed by atoms with E-state index in [1.807, 2.05) is 24.3 Å². The third kappa shape index (κ3) is 4.16. The largest absolute Gasteiger partial charge is 0.497 e. The summed E-state index contributed by atoms with van der Waals surface area (Å²) in [5.74, 6) is 1.84. The Morgan fingerprint density at radius 3 is 2.43 bits per heavy atom. The van der Waals surface area contributed by atoms with Gasteiger partial charge in [0.1, 0.15) is 16.1 Å². The van der Waals surface area contributed by atoms with Gasteiger partial charge in [0, 0.05) is 11.3 Å². The van der Waals surface area contributed by atoms with Crippen LogP contribution in [0.15, 0.2) is 46.0 Å². The maximum Gasteiger partial charge on any atom is 0.277 e. The van der Waals surface area contributed by atoms with E-state index in [4.69, 9.17) is 32.4 Å². The summed E-state index contributed by atoms with van der Waals surface area (Å²) >= 11 is 13.2. The highest BCUT2D eigenvalue weighted by Crippen LogP contribution is 2.27. The molecule has 0 aliphatic carbocycles. The van der Waals surface area contributed by atoms with Gasteiger partial charge in [-0.25, -0.2) is 4.98 Å². The monoisotopic (exact) mass is 367 g/mol. The molecule has 0 bridgehead atoms. The van der Waals surface area contributed by atoms with Crippen LogP contribution in [0.3, 0.4) is 0 Å². The molecule has 0 spiro atoms. The van der Waals surface area contributed by atoms with E-state index in [2.05, 4.69) is 15.2 Å². The fourth-order valence-corrected chi connectivity index (χ4v) is 3.06. The molecule has 2 aromatic heterocycles. The Balaban J connectivity index is 1.69. The maximum atomic E-state index is 5.87. The number of benzene rings is 1. The average molecular weight is 368 g/mol. The quantitative estimate of drug-likeness (QED) is 0.479. The van der Waals surface area contributed by atoms with Crippen molar-refractivity contribution in [3.05, 3.63) is 52.3 Å². The van der Waals surface area contributed by atoms with Gasteiger partial charge < -0.3 is 9.15 Å². The molecule has 0 aliphatic rings. The zero-order valence-electron chi connectivity index (χ0n) is 12.0. The zero-order valence-corrected chi connectivity index (χ0v) is 14.3. The summed E-state index contributed by atoms with van der Waals surface area (Å²) in [6.45, 7) is 0. The van der Waals surface area contributed by atoms with Gasteiger partial charge in [0.2, 0.25) is 5.89 Å². The highest BCUT2D eigenvalue weighted by Gasteiger charge is 2.10. The van der Waals surface area contributed by atoms with Gasteiger partial charge in [0.05, 0.1) is 7.11 Å². The fourth-order valence-electron chi connectivity index (χ4n) is 1.86. The number of methoxy groups -OCH3 is 1. The van der Waals surface area contributed by atoms with E-state index < -0.39 is 0 Å². The number of hydrogen-bond acceptors (Lipinski definition) is 6. The third-order valence-electron chi connectivity index (χ3n) is 2.93. The van der Waals surface area contributed by atoms with Gasteiger partial charge in [0.25, 0.3) is 5.22 Å². The van der Waals surface area contributed by atoms with E-state index in [0.717, 1.165) is 16.9 Å². The summed E-state index contributed by atoms with van der Waals surface area (Å²) in [7, 11) is 1.62. The first kappa shape index (κ1) is 16.1. The van der Waals surface area contributed by atoms with Crippen LogP contribution in [0.2, 0.25) is 10.3 Å². The van der Waals surface area contributed by atoms with Crippen LogP contribution in [0.5, 0.6) is 5.75 Å². The molecule has 5 nitrogen and oxygen atoms in total. The molecular weight excluding hydrogens is 357 g/mol. The lowest BCUT2D eigenvalue weighted by atomic mass is 10.2. The lowest BCUT2D eigenvalue weighted by Crippen LogP contribution is -1.84. The molecule has 1 aromatic carbocycles. The fraction of sp³-hybridized carbons (Fsp3) is 0.133. The molecule has 0 amide bonds. The van der Waals surface area contributed by atoms with Crippen LogP contribution in [0.4, 0.5) is 0 Å². The minimum atomic E-state index is 0.359. The molecule has 118 valence electrons. The molecular formula is C15H11Cl2N3O2S.